The molecule has 13 heavy (non-hydrogen) atoms. The summed E-state index contributed by atoms with van der Waals surface area (Å²) in [5.41, 5.74) is 2.40. The Hall–Kier alpha value is -1.31. The van der Waals surface area contributed by atoms with Crippen LogP contribution in [0.5, 0.6) is 5.88 Å². The van der Waals surface area contributed by atoms with Crippen LogP contribution in [0.15, 0.2) is 18.8 Å². The molecule has 0 unspecified atom stereocenters. The Morgan fingerprint density at radius 2 is 2.38 bits per heavy atom. The normalized spacial score (nSPS) is 15.5. The van der Waals surface area contributed by atoms with Crippen molar-refractivity contribution in [3.05, 3.63) is 30.0 Å². The van der Waals surface area contributed by atoms with Gasteiger partial charge in [-0.15, -0.1) is 0 Å². The lowest BCUT2D eigenvalue weighted by Gasteiger charge is -2.08. The first-order chi connectivity index (χ1) is 6.36. The van der Waals surface area contributed by atoms with Gasteiger partial charge < -0.3 is 4.74 Å². The third-order valence-corrected chi connectivity index (χ3v) is 2.39. The van der Waals surface area contributed by atoms with Gasteiger partial charge in [0.2, 0.25) is 5.88 Å². The highest BCUT2D eigenvalue weighted by molar-refractivity contribution is 5.56. The van der Waals surface area contributed by atoms with Gasteiger partial charge in [-0.05, 0) is 30.4 Å². The van der Waals surface area contributed by atoms with Crippen molar-refractivity contribution in [1.29, 1.82) is 0 Å². The van der Waals surface area contributed by atoms with Gasteiger partial charge in [-0.2, -0.15) is 0 Å². The summed E-state index contributed by atoms with van der Waals surface area (Å²) in [6, 6.07) is 1.99. The molecule has 0 saturated heterocycles. The third-order valence-electron chi connectivity index (χ3n) is 2.39. The van der Waals surface area contributed by atoms with Gasteiger partial charge in [0, 0.05) is 11.8 Å². The number of hydrogen-bond donors (Lipinski definition) is 0. The second-order valence-electron chi connectivity index (χ2n) is 3.30. The van der Waals surface area contributed by atoms with Crippen LogP contribution in [0.2, 0.25) is 0 Å². The van der Waals surface area contributed by atoms with Gasteiger partial charge in [0.25, 0.3) is 0 Å². The molecule has 0 amide bonds. The Labute approximate surface area is 78.3 Å². The lowest BCUT2D eigenvalue weighted by atomic mass is 10.1. The molecule has 2 rings (SSSR count). The molecule has 68 valence electrons. The second kappa shape index (κ2) is 3.21. The first kappa shape index (κ1) is 8.30. The van der Waals surface area contributed by atoms with E-state index >= 15 is 0 Å². The largest absolute Gasteiger partial charge is 0.481 e. The zero-order chi connectivity index (χ0) is 9.26. The molecule has 0 aliphatic heterocycles. The molecule has 0 spiro atoms. The molecule has 0 atom stereocenters. The predicted molar refractivity (Wildman–Crippen MR) is 52.9 cm³/mol. The Morgan fingerprint density at radius 3 is 2.92 bits per heavy atom. The van der Waals surface area contributed by atoms with Crippen LogP contribution in [0.25, 0.3) is 6.08 Å². The van der Waals surface area contributed by atoms with Crippen molar-refractivity contribution in [2.45, 2.75) is 18.8 Å². The van der Waals surface area contributed by atoms with Crippen molar-refractivity contribution in [2.24, 2.45) is 0 Å². The van der Waals surface area contributed by atoms with Crippen LogP contribution >= 0.6 is 0 Å². The Morgan fingerprint density at radius 1 is 1.62 bits per heavy atom. The number of ether oxygens (including phenoxy) is 1. The highest BCUT2D eigenvalue weighted by Crippen LogP contribution is 2.45. The van der Waals surface area contributed by atoms with Crippen molar-refractivity contribution in [3.63, 3.8) is 0 Å². The molecule has 1 aliphatic rings. The van der Waals surface area contributed by atoms with E-state index in [-0.39, 0.29) is 0 Å². The van der Waals surface area contributed by atoms with Crippen LogP contribution < -0.4 is 4.74 Å². The molecule has 1 saturated carbocycles. The molecule has 2 nitrogen and oxygen atoms in total. The maximum absolute atomic E-state index is 5.23. The minimum atomic E-state index is 0.650. The molecule has 0 radical (unpaired) electrons. The van der Waals surface area contributed by atoms with E-state index in [9.17, 15) is 0 Å². The zero-order valence-corrected chi connectivity index (χ0v) is 7.79. The molecule has 0 bridgehead atoms. The minimum absolute atomic E-state index is 0.650. The van der Waals surface area contributed by atoms with Crippen LogP contribution in [-0.4, -0.2) is 12.1 Å². The lowest BCUT2D eigenvalue weighted by Crippen LogP contribution is -1.95. The molecule has 1 aromatic heterocycles. The summed E-state index contributed by atoms with van der Waals surface area (Å²) >= 11 is 0. The van der Waals surface area contributed by atoms with E-state index in [2.05, 4.69) is 11.6 Å². The standard InChI is InChI=1S/C11H13NO/c1-3-8-6-7-12-11(13-2)10(8)9-4-5-9/h3,6-7,9H,1,4-5H2,2H3. The number of hydrogen-bond acceptors (Lipinski definition) is 2. The smallest absolute Gasteiger partial charge is 0.217 e. The summed E-state index contributed by atoms with van der Waals surface area (Å²) in [4.78, 5) is 4.20. The summed E-state index contributed by atoms with van der Waals surface area (Å²) < 4.78 is 5.23. The van der Waals surface area contributed by atoms with E-state index in [1.54, 1.807) is 13.3 Å². The van der Waals surface area contributed by atoms with Crippen LogP contribution in [0, 0.1) is 0 Å². The summed E-state index contributed by atoms with van der Waals surface area (Å²) in [5, 5.41) is 0. The van der Waals surface area contributed by atoms with Gasteiger partial charge in [0.15, 0.2) is 0 Å². The van der Waals surface area contributed by atoms with Crippen molar-refractivity contribution in [2.75, 3.05) is 7.11 Å². The molecule has 0 N–H and O–H groups in total. The molecular formula is C11H13NO. The van der Waals surface area contributed by atoms with E-state index in [4.69, 9.17) is 4.74 Å². The highest BCUT2D eigenvalue weighted by Gasteiger charge is 2.29. The van der Waals surface area contributed by atoms with E-state index in [1.807, 2.05) is 12.1 Å². The van der Waals surface area contributed by atoms with Crippen LogP contribution in [0.4, 0.5) is 0 Å². The molecule has 2 heteroatoms. The fourth-order valence-corrected chi connectivity index (χ4v) is 1.59. The second-order valence-corrected chi connectivity index (χ2v) is 3.30. The fourth-order valence-electron chi connectivity index (χ4n) is 1.59. The Balaban J connectivity index is 2.50. The number of aromatic nitrogens is 1. The molecule has 0 aromatic carbocycles. The first-order valence-electron chi connectivity index (χ1n) is 4.52. The van der Waals surface area contributed by atoms with Gasteiger partial charge in [0.1, 0.15) is 0 Å². The van der Waals surface area contributed by atoms with E-state index < -0.39 is 0 Å². The van der Waals surface area contributed by atoms with E-state index in [0.717, 1.165) is 11.4 Å². The SMILES string of the molecule is C=Cc1ccnc(OC)c1C1CC1. The summed E-state index contributed by atoms with van der Waals surface area (Å²) in [7, 11) is 1.67. The fraction of sp³-hybridized carbons (Fsp3) is 0.364. The average molecular weight is 175 g/mol. The maximum atomic E-state index is 5.23. The number of rotatable bonds is 3. The number of pyridine rings is 1. The van der Waals surface area contributed by atoms with Crippen molar-refractivity contribution >= 4 is 6.08 Å². The molecule has 1 fully saturated rings. The summed E-state index contributed by atoms with van der Waals surface area (Å²) in [6.45, 7) is 3.79. The third kappa shape index (κ3) is 1.44. The van der Waals surface area contributed by atoms with Gasteiger partial charge in [0.05, 0.1) is 7.11 Å². The van der Waals surface area contributed by atoms with E-state index in [1.165, 1.54) is 18.4 Å². The monoisotopic (exact) mass is 175 g/mol. The van der Waals surface area contributed by atoms with Crippen LogP contribution in [0.3, 0.4) is 0 Å². The van der Waals surface area contributed by atoms with Gasteiger partial charge >= 0.3 is 0 Å². The Kier molecular flexibility index (Phi) is 2.05. The average Bonchev–Trinajstić information content (AvgIpc) is 3.00. The first-order valence-corrected chi connectivity index (χ1v) is 4.52. The van der Waals surface area contributed by atoms with Gasteiger partial charge in [-0.3, -0.25) is 0 Å². The molecule has 1 aliphatic carbocycles. The number of methoxy groups -OCH3 is 1. The number of nitrogens with zero attached hydrogens (tertiary/aromatic N) is 1. The van der Waals surface area contributed by atoms with Crippen LogP contribution in [-0.2, 0) is 0 Å². The van der Waals surface area contributed by atoms with Crippen molar-refractivity contribution < 1.29 is 4.74 Å². The van der Waals surface area contributed by atoms with Crippen LogP contribution in [0.1, 0.15) is 29.9 Å². The molecular weight excluding hydrogens is 162 g/mol. The maximum Gasteiger partial charge on any atom is 0.217 e. The van der Waals surface area contributed by atoms with E-state index in [0.29, 0.717) is 5.92 Å². The summed E-state index contributed by atoms with van der Waals surface area (Å²) in [5.74, 6) is 1.41. The Bertz CT molecular complexity index is 329. The molecule has 1 aromatic rings. The highest BCUT2D eigenvalue weighted by atomic mass is 16.5. The molecule has 1 heterocycles. The van der Waals surface area contributed by atoms with Gasteiger partial charge in [-0.25, -0.2) is 4.98 Å². The lowest BCUT2D eigenvalue weighted by molar-refractivity contribution is 0.392. The minimum Gasteiger partial charge on any atom is -0.481 e. The zero-order valence-electron chi connectivity index (χ0n) is 7.79. The van der Waals surface area contributed by atoms with Crippen molar-refractivity contribution in [1.82, 2.24) is 4.98 Å². The predicted octanol–water partition coefficient (Wildman–Crippen LogP) is 2.61. The topological polar surface area (TPSA) is 22.1 Å². The van der Waals surface area contributed by atoms with Gasteiger partial charge in [-0.1, -0.05) is 12.7 Å². The quantitative estimate of drug-likeness (QED) is 0.704. The van der Waals surface area contributed by atoms with Crippen molar-refractivity contribution in [3.8, 4) is 5.88 Å². The summed E-state index contributed by atoms with van der Waals surface area (Å²) in [6.07, 6.45) is 6.14.